The van der Waals surface area contributed by atoms with Crippen LogP contribution in [-0.4, -0.2) is 22.6 Å². The Balaban J connectivity index is 1.59. The van der Waals surface area contributed by atoms with Crippen molar-refractivity contribution >= 4 is 34.8 Å². The fourth-order valence-electron chi connectivity index (χ4n) is 3.14. The number of aromatic nitrogens is 2. The number of rotatable bonds is 3. The summed E-state index contributed by atoms with van der Waals surface area (Å²) in [6.07, 6.45) is 0.323. The molecule has 1 aliphatic heterocycles. The molecule has 0 spiro atoms. The van der Waals surface area contributed by atoms with E-state index in [-0.39, 0.29) is 11.8 Å². The van der Waals surface area contributed by atoms with Crippen LogP contribution in [-0.2, 0) is 4.79 Å². The molecule has 1 atom stereocenters. The SMILES string of the molecule is Cc1c(Cl)cccc1N1CC(c2nc(-c3cccc(Cl)c3)no2)CC1=O. The van der Waals surface area contributed by atoms with E-state index in [0.717, 1.165) is 16.8 Å². The minimum absolute atomic E-state index is 0.0165. The first-order valence-electron chi connectivity index (χ1n) is 8.18. The molecule has 5 nitrogen and oxygen atoms in total. The zero-order chi connectivity index (χ0) is 18.3. The average Bonchev–Trinajstić information content (AvgIpc) is 3.24. The first-order chi connectivity index (χ1) is 12.5. The Morgan fingerprint density at radius 2 is 2.00 bits per heavy atom. The van der Waals surface area contributed by atoms with E-state index in [9.17, 15) is 4.79 Å². The first-order valence-corrected chi connectivity index (χ1v) is 8.93. The summed E-state index contributed by atoms with van der Waals surface area (Å²) in [5.74, 6) is 0.784. The van der Waals surface area contributed by atoms with E-state index in [1.807, 2.05) is 37.3 Å². The molecule has 1 unspecified atom stereocenters. The summed E-state index contributed by atoms with van der Waals surface area (Å²) in [5, 5.41) is 5.27. The van der Waals surface area contributed by atoms with Crippen LogP contribution < -0.4 is 4.90 Å². The van der Waals surface area contributed by atoms with Crippen LogP contribution in [0.3, 0.4) is 0 Å². The minimum atomic E-state index is -0.152. The van der Waals surface area contributed by atoms with Crippen molar-refractivity contribution in [2.75, 3.05) is 11.4 Å². The molecule has 1 aliphatic rings. The molecule has 0 saturated carbocycles. The molecule has 1 fully saturated rings. The lowest BCUT2D eigenvalue weighted by Gasteiger charge is -2.19. The fraction of sp³-hybridized carbons (Fsp3) is 0.211. The van der Waals surface area contributed by atoms with Gasteiger partial charge in [0.25, 0.3) is 0 Å². The number of hydrogen-bond acceptors (Lipinski definition) is 4. The summed E-state index contributed by atoms with van der Waals surface area (Å²) in [5.41, 5.74) is 2.48. The molecule has 0 N–H and O–H groups in total. The summed E-state index contributed by atoms with van der Waals surface area (Å²) in [6, 6.07) is 12.8. The Kier molecular flexibility index (Phi) is 4.42. The Morgan fingerprint density at radius 3 is 2.81 bits per heavy atom. The van der Waals surface area contributed by atoms with E-state index in [2.05, 4.69) is 10.1 Å². The van der Waals surface area contributed by atoms with Crippen molar-refractivity contribution < 1.29 is 9.32 Å². The molecule has 2 aromatic carbocycles. The summed E-state index contributed by atoms with van der Waals surface area (Å²) in [7, 11) is 0. The molecule has 0 radical (unpaired) electrons. The lowest BCUT2D eigenvalue weighted by molar-refractivity contribution is -0.117. The van der Waals surface area contributed by atoms with Crippen molar-refractivity contribution in [2.45, 2.75) is 19.3 Å². The van der Waals surface area contributed by atoms with Crippen LogP contribution in [0.25, 0.3) is 11.4 Å². The van der Waals surface area contributed by atoms with Gasteiger partial charge >= 0.3 is 0 Å². The van der Waals surface area contributed by atoms with E-state index in [0.29, 0.717) is 34.7 Å². The summed E-state index contributed by atoms with van der Waals surface area (Å²) in [6.45, 7) is 2.39. The molecule has 1 amide bonds. The van der Waals surface area contributed by atoms with Gasteiger partial charge in [-0.15, -0.1) is 0 Å². The number of halogens is 2. The van der Waals surface area contributed by atoms with E-state index in [1.165, 1.54) is 0 Å². The number of carbonyl (C=O) groups excluding carboxylic acids is 1. The standard InChI is InChI=1S/C19H15Cl2N3O2/c1-11-15(21)6-3-7-16(11)24-10-13(9-17(24)25)19-22-18(23-26-19)12-4-2-5-14(20)8-12/h2-8,13H,9-10H2,1H3. The number of carbonyl (C=O) groups is 1. The molecule has 4 rings (SSSR count). The summed E-state index contributed by atoms with van der Waals surface area (Å²) >= 11 is 12.2. The molecule has 132 valence electrons. The smallest absolute Gasteiger partial charge is 0.232 e. The van der Waals surface area contributed by atoms with Crippen LogP contribution in [0.2, 0.25) is 10.0 Å². The first kappa shape index (κ1) is 17.1. The van der Waals surface area contributed by atoms with E-state index in [1.54, 1.807) is 17.0 Å². The van der Waals surface area contributed by atoms with Gasteiger partial charge in [0.2, 0.25) is 17.6 Å². The third kappa shape index (κ3) is 3.08. The quantitative estimate of drug-likeness (QED) is 0.642. The van der Waals surface area contributed by atoms with Crippen LogP contribution in [0.4, 0.5) is 5.69 Å². The summed E-state index contributed by atoms with van der Waals surface area (Å²) < 4.78 is 5.42. The minimum Gasteiger partial charge on any atom is -0.339 e. The predicted octanol–water partition coefficient (Wildman–Crippen LogP) is 4.87. The highest BCUT2D eigenvalue weighted by Gasteiger charge is 2.35. The van der Waals surface area contributed by atoms with Crippen LogP contribution in [0.15, 0.2) is 47.0 Å². The van der Waals surface area contributed by atoms with Gasteiger partial charge < -0.3 is 9.42 Å². The molecular weight excluding hydrogens is 373 g/mol. The van der Waals surface area contributed by atoms with Crippen molar-refractivity contribution in [2.24, 2.45) is 0 Å². The van der Waals surface area contributed by atoms with Gasteiger partial charge in [-0.3, -0.25) is 4.79 Å². The highest BCUT2D eigenvalue weighted by Crippen LogP contribution is 2.35. The van der Waals surface area contributed by atoms with Crippen molar-refractivity contribution in [3.05, 3.63) is 64.0 Å². The number of anilines is 1. The van der Waals surface area contributed by atoms with Gasteiger partial charge in [-0.1, -0.05) is 46.6 Å². The van der Waals surface area contributed by atoms with Gasteiger partial charge in [0.15, 0.2) is 0 Å². The van der Waals surface area contributed by atoms with E-state index < -0.39 is 0 Å². The molecule has 7 heteroatoms. The maximum Gasteiger partial charge on any atom is 0.232 e. The summed E-state index contributed by atoms with van der Waals surface area (Å²) in [4.78, 5) is 18.7. The van der Waals surface area contributed by atoms with Crippen LogP contribution in [0.1, 0.15) is 23.8 Å². The molecule has 1 aromatic heterocycles. The van der Waals surface area contributed by atoms with E-state index in [4.69, 9.17) is 27.7 Å². The zero-order valence-corrected chi connectivity index (χ0v) is 15.5. The van der Waals surface area contributed by atoms with Gasteiger partial charge in [0, 0.05) is 34.3 Å². The van der Waals surface area contributed by atoms with Gasteiger partial charge in [0.1, 0.15) is 0 Å². The average molecular weight is 388 g/mol. The lowest BCUT2D eigenvalue weighted by Crippen LogP contribution is -2.25. The normalized spacial score (nSPS) is 17.1. The Morgan fingerprint density at radius 1 is 1.19 bits per heavy atom. The van der Waals surface area contributed by atoms with Crippen molar-refractivity contribution in [3.63, 3.8) is 0 Å². The highest BCUT2D eigenvalue weighted by atomic mass is 35.5. The molecule has 0 aliphatic carbocycles. The largest absolute Gasteiger partial charge is 0.339 e. The molecule has 3 aromatic rings. The maximum absolute atomic E-state index is 12.5. The predicted molar refractivity (Wildman–Crippen MR) is 101 cm³/mol. The van der Waals surface area contributed by atoms with Gasteiger partial charge in [0.05, 0.1) is 5.92 Å². The van der Waals surface area contributed by atoms with Crippen LogP contribution in [0, 0.1) is 6.92 Å². The van der Waals surface area contributed by atoms with Gasteiger partial charge in [-0.2, -0.15) is 4.98 Å². The van der Waals surface area contributed by atoms with Crippen molar-refractivity contribution in [1.29, 1.82) is 0 Å². The third-order valence-corrected chi connectivity index (χ3v) is 5.17. The monoisotopic (exact) mass is 387 g/mol. The zero-order valence-electron chi connectivity index (χ0n) is 13.9. The van der Waals surface area contributed by atoms with Gasteiger partial charge in [-0.05, 0) is 36.8 Å². The topological polar surface area (TPSA) is 59.2 Å². The maximum atomic E-state index is 12.5. The third-order valence-electron chi connectivity index (χ3n) is 4.53. The van der Waals surface area contributed by atoms with Crippen LogP contribution in [0.5, 0.6) is 0 Å². The second-order valence-electron chi connectivity index (χ2n) is 6.26. The molecule has 0 bridgehead atoms. The van der Waals surface area contributed by atoms with Crippen LogP contribution >= 0.6 is 23.2 Å². The Bertz CT molecular complexity index is 986. The number of benzene rings is 2. The second kappa shape index (κ2) is 6.74. The van der Waals surface area contributed by atoms with Gasteiger partial charge in [-0.25, -0.2) is 0 Å². The Labute approximate surface area is 160 Å². The number of nitrogens with zero attached hydrogens (tertiary/aromatic N) is 3. The Hall–Kier alpha value is -2.37. The lowest BCUT2D eigenvalue weighted by atomic mass is 10.1. The van der Waals surface area contributed by atoms with Crippen molar-refractivity contribution in [1.82, 2.24) is 10.1 Å². The molecule has 1 saturated heterocycles. The van der Waals surface area contributed by atoms with E-state index >= 15 is 0 Å². The fourth-order valence-corrected chi connectivity index (χ4v) is 3.50. The molecule has 26 heavy (non-hydrogen) atoms. The number of hydrogen-bond donors (Lipinski definition) is 0. The number of amides is 1. The second-order valence-corrected chi connectivity index (χ2v) is 7.10. The molecular formula is C19H15Cl2N3O2. The highest BCUT2D eigenvalue weighted by molar-refractivity contribution is 6.32. The molecule has 2 heterocycles. The van der Waals surface area contributed by atoms with Crippen molar-refractivity contribution in [3.8, 4) is 11.4 Å².